The van der Waals surface area contributed by atoms with Crippen molar-refractivity contribution in [1.29, 1.82) is 0 Å². The van der Waals surface area contributed by atoms with Crippen LogP contribution in [0.5, 0.6) is 0 Å². The molecule has 2 N–H and O–H groups in total. The molecule has 0 spiro atoms. The third-order valence-corrected chi connectivity index (χ3v) is 5.69. The van der Waals surface area contributed by atoms with Crippen LogP contribution in [0.1, 0.15) is 30.6 Å². The van der Waals surface area contributed by atoms with E-state index < -0.39 is 11.9 Å². The molecule has 3 aromatic heterocycles. The molecular formula is C21H24N4O4S. The minimum Gasteiger partial charge on any atom is -0.478 e. The van der Waals surface area contributed by atoms with Gasteiger partial charge in [-0.05, 0) is 44.1 Å². The molecule has 30 heavy (non-hydrogen) atoms. The molecule has 0 amide bonds. The SMILES string of the molecule is O=C(O)C=CC(=O)O.c1cnc2nc(-c3ccc(CN4CCCCCC4)s3)cn2c1. The molecule has 3 aromatic rings. The lowest BCUT2D eigenvalue weighted by Crippen LogP contribution is -2.23. The van der Waals surface area contributed by atoms with Crippen LogP contribution in [0.4, 0.5) is 0 Å². The molecule has 1 saturated heterocycles. The van der Waals surface area contributed by atoms with Gasteiger partial charge in [0.15, 0.2) is 0 Å². The summed E-state index contributed by atoms with van der Waals surface area (Å²) in [5, 5.41) is 15.6. The maximum absolute atomic E-state index is 9.55. The number of aliphatic carboxylic acids is 2. The summed E-state index contributed by atoms with van der Waals surface area (Å²) < 4.78 is 1.98. The van der Waals surface area contributed by atoms with Gasteiger partial charge in [-0.15, -0.1) is 11.3 Å². The number of likely N-dealkylation sites (tertiary alicyclic amines) is 1. The number of nitrogens with zero attached hydrogens (tertiary/aromatic N) is 4. The Balaban J connectivity index is 0.000000275. The zero-order valence-corrected chi connectivity index (χ0v) is 17.3. The van der Waals surface area contributed by atoms with Gasteiger partial charge >= 0.3 is 11.9 Å². The smallest absolute Gasteiger partial charge is 0.328 e. The molecule has 9 heteroatoms. The zero-order valence-electron chi connectivity index (χ0n) is 16.5. The minimum atomic E-state index is -1.26. The second kappa shape index (κ2) is 10.7. The Kier molecular flexibility index (Phi) is 7.69. The summed E-state index contributed by atoms with van der Waals surface area (Å²) in [5.41, 5.74) is 1.02. The molecular weight excluding hydrogens is 404 g/mol. The molecule has 0 bridgehead atoms. The molecule has 0 aliphatic carbocycles. The lowest BCUT2D eigenvalue weighted by Gasteiger charge is -2.18. The Morgan fingerprint density at radius 3 is 2.40 bits per heavy atom. The molecule has 1 fully saturated rings. The van der Waals surface area contributed by atoms with Crippen molar-refractivity contribution in [1.82, 2.24) is 19.3 Å². The first-order chi connectivity index (χ1) is 14.5. The highest BCUT2D eigenvalue weighted by molar-refractivity contribution is 7.15. The van der Waals surface area contributed by atoms with Gasteiger partial charge in [-0.2, -0.15) is 0 Å². The van der Waals surface area contributed by atoms with Gasteiger partial charge in [0.05, 0.1) is 4.88 Å². The van der Waals surface area contributed by atoms with E-state index in [1.54, 1.807) is 6.20 Å². The lowest BCUT2D eigenvalue weighted by atomic mass is 10.2. The summed E-state index contributed by atoms with van der Waals surface area (Å²) in [5.74, 6) is -1.75. The molecule has 158 valence electrons. The second-order valence-electron chi connectivity index (χ2n) is 6.92. The highest BCUT2D eigenvalue weighted by atomic mass is 32.1. The Morgan fingerprint density at radius 1 is 1.07 bits per heavy atom. The van der Waals surface area contributed by atoms with Crippen molar-refractivity contribution in [2.45, 2.75) is 32.2 Å². The van der Waals surface area contributed by atoms with Crippen LogP contribution in [0.15, 0.2) is 48.9 Å². The maximum Gasteiger partial charge on any atom is 0.328 e. The van der Waals surface area contributed by atoms with Gasteiger partial charge in [-0.3, -0.25) is 9.30 Å². The van der Waals surface area contributed by atoms with Crippen LogP contribution in [0.3, 0.4) is 0 Å². The third kappa shape index (κ3) is 6.50. The molecule has 0 aromatic carbocycles. The summed E-state index contributed by atoms with van der Waals surface area (Å²) in [7, 11) is 0. The number of carboxylic acids is 2. The van der Waals surface area contributed by atoms with Crippen molar-refractivity contribution in [3.8, 4) is 10.6 Å². The quantitative estimate of drug-likeness (QED) is 0.598. The molecule has 4 heterocycles. The largest absolute Gasteiger partial charge is 0.478 e. The van der Waals surface area contributed by atoms with Gasteiger partial charge in [0.25, 0.3) is 0 Å². The van der Waals surface area contributed by atoms with E-state index in [4.69, 9.17) is 10.2 Å². The van der Waals surface area contributed by atoms with Crippen LogP contribution in [-0.2, 0) is 16.1 Å². The summed E-state index contributed by atoms with van der Waals surface area (Å²) in [6.07, 6.45) is 12.4. The first-order valence-corrected chi connectivity index (χ1v) is 10.6. The van der Waals surface area contributed by atoms with Crippen molar-refractivity contribution in [3.63, 3.8) is 0 Å². The normalized spacial score (nSPS) is 14.9. The highest BCUT2D eigenvalue weighted by Crippen LogP contribution is 2.28. The van der Waals surface area contributed by atoms with Gasteiger partial charge in [-0.25, -0.2) is 19.6 Å². The standard InChI is InChI=1S/C17H20N4S.C4H4O4/c1-2-4-10-20(9-3-1)12-14-6-7-16(22-14)15-13-21-11-5-8-18-17(21)19-15;5-3(6)1-2-4(7)8/h5-8,11,13H,1-4,9-10,12H2;1-2H,(H,5,6)(H,7,8). The van der Waals surface area contributed by atoms with Crippen LogP contribution in [0, 0.1) is 0 Å². The van der Waals surface area contributed by atoms with E-state index in [0.29, 0.717) is 12.2 Å². The first kappa shape index (κ1) is 21.7. The van der Waals surface area contributed by atoms with E-state index >= 15 is 0 Å². The Morgan fingerprint density at radius 2 is 1.77 bits per heavy atom. The Labute approximate surface area is 178 Å². The number of aromatic nitrogens is 3. The zero-order chi connectivity index (χ0) is 21.3. The number of hydrogen-bond donors (Lipinski definition) is 2. The molecule has 0 atom stereocenters. The van der Waals surface area contributed by atoms with Crippen molar-refractivity contribution >= 4 is 29.1 Å². The van der Waals surface area contributed by atoms with E-state index in [9.17, 15) is 9.59 Å². The van der Waals surface area contributed by atoms with Gasteiger partial charge in [0.1, 0.15) is 5.69 Å². The van der Waals surface area contributed by atoms with Crippen LogP contribution >= 0.6 is 11.3 Å². The number of hydrogen-bond acceptors (Lipinski definition) is 6. The van der Waals surface area contributed by atoms with Crippen LogP contribution in [0.25, 0.3) is 16.3 Å². The van der Waals surface area contributed by atoms with Crippen molar-refractivity contribution < 1.29 is 19.8 Å². The molecule has 1 aliphatic heterocycles. The minimum absolute atomic E-state index is 0.558. The summed E-state index contributed by atoms with van der Waals surface area (Å²) in [6, 6.07) is 6.37. The van der Waals surface area contributed by atoms with Gasteiger partial charge < -0.3 is 10.2 Å². The van der Waals surface area contributed by atoms with Crippen molar-refractivity contribution in [2.24, 2.45) is 0 Å². The van der Waals surface area contributed by atoms with Crippen molar-refractivity contribution in [3.05, 3.63) is 53.8 Å². The summed E-state index contributed by atoms with van der Waals surface area (Å²) >= 11 is 1.86. The molecule has 0 unspecified atom stereocenters. The summed E-state index contributed by atoms with van der Waals surface area (Å²) in [4.78, 5) is 33.3. The van der Waals surface area contributed by atoms with Crippen LogP contribution in [-0.4, -0.2) is 54.5 Å². The Bertz CT molecular complexity index is 970. The predicted octanol–water partition coefficient (Wildman–Crippen LogP) is 3.55. The monoisotopic (exact) mass is 428 g/mol. The third-order valence-electron chi connectivity index (χ3n) is 4.60. The van der Waals surface area contributed by atoms with E-state index in [2.05, 4.69) is 33.2 Å². The second-order valence-corrected chi connectivity index (χ2v) is 8.09. The lowest BCUT2D eigenvalue weighted by molar-refractivity contribution is -0.134. The number of imidazole rings is 1. The Hall–Kier alpha value is -3.04. The van der Waals surface area contributed by atoms with Gasteiger partial charge in [0.2, 0.25) is 5.78 Å². The van der Waals surface area contributed by atoms with Crippen molar-refractivity contribution in [2.75, 3.05) is 13.1 Å². The number of thiophene rings is 1. The molecule has 0 saturated carbocycles. The fourth-order valence-electron chi connectivity index (χ4n) is 3.21. The average Bonchev–Trinajstić information content (AvgIpc) is 3.28. The molecule has 0 radical (unpaired) electrons. The number of carboxylic acid groups (broad SMARTS) is 2. The van der Waals surface area contributed by atoms with Crippen LogP contribution < -0.4 is 0 Å². The molecule has 4 rings (SSSR count). The average molecular weight is 429 g/mol. The molecule has 8 nitrogen and oxygen atoms in total. The highest BCUT2D eigenvalue weighted by Gasteiger charge is 2.12. The number of rotatable bonds is 5. The first-order valence-electron chi connectivity index (χ1n) is 9.76. The summed E-state index contributed by atoms with van der Waals surface area (Å²) in [6.45, 7) is 3.56. The van der Waals surface area contributed by atoms with E-state index in [-0.39, 0.29) is 0 Å². The fraction of sp³-hybridized carbons (Fsp3) is 0.333. The fourth-order valence-corrected chi connectivity index (χ4v) is 4.21. The van der Waals surface area contributed by atoms with Gasteiger partial charge in [0, 0.05) is 42.2 Å². The topological polar surface area (TPSA) is 108 Å². The number of carbonyl (C=O) groups is 2. The van der Waals surface area contributed by atoms with E-state index in [0.717, 1.165) is 18.0 Å². The van der Waals surface area contributed by atoms with Crippen LogP contribution in [0.2, 0.25) is 0 Å². The number of fused-ring (bicyclic) bond motifs is 1. The van der Waals surface area contributed by atoms with E-state index in [1.165, 1.54) is 48.5 Å². The maximum atomic E-state index is 9.55. The van der Waals surface area contributed by atoms with E-state index in [1.807, 2.05) is 28.0 Å². The van der Waals surface area contributed by atoms with Gasteiger partial charge in [-0.1, -0.05) is 12.8 Å². The molecule has 1 aliphatic rings. The predicted molar refractivity (Wildman–Crippen MR) is 114 cm³/mol.